The Morgan fingerprint density at radius 1 is 1.24 bits per heavy atom. The normalized spacial score (nSPS) is 19.5. The Morgan fingerprint density at radius 3 is 2.65 bits per heavy atom. The highest BCUT2D eigenvalue weighted by Crippen LogP contribution is 2.47. The summed E-state index contributed by atoms with van der Waals surface area (Å²) in [7, 11) is 0. The number of benzene rings is 1. The zero-order valence-corrected chi connectivity index (χ0v) is 10.2. The standard InChI is InChI=1S/C12H14N2O2S/c13-11(17)14-8-3-4-9-10(7-8)16-12(15-9)5-1-2-6-12/h3-4,7H,1-2,5-6H2,(H3,13,14,17). The SMILES string of the molecule is NC(=S)Nc1ccc2c(c1)OC1(CCCC1)O2. The van der Waals surface area contributed by atoms with Crippen LogP contribution in [0.1, 0.15) is 25.7 Å². The first-order valence-electron chi connectivity index (χ1n) is 5.75. The molecule has 1 fully saturated rings. The Labute approximate surface area is 105 Å². The molecule has 3 N–H and O–H groups in total. The van der Waals surface area contributed by atoms with Gasteiger partial charge in [0.1, 0.15) is 0 Å². The van der Waals surface area contributed by atoms with Crippen LogP contribution in [0, 0.1) is 0 Å². The molecule has 0 saturated heterocycles. The Bertz CT molecular complexity index is 470. The average molecular weight is 250 g/mol. The van der Waals surface area contributed by atoms with E-state index < -0.39 is 5.79 Å². The molecule has 1 aliphatic heterocycles. The molecule has 1 saturated carbocycles. The Kier molecular flexibility index (Phi) is 2.36. The molecule has 1 aromatic rings. The molecule has 0 atom stereocenters. The molecule has 5 heteroatoms. The van der Waals surface area contributed by atoms with Crippen LogP contribution in [0.15, 0.2) is 18.2 Å². The minimum atomic E-state index is -0.413. The first kappa shape index (κ1) is 10.7. The zero-order valence-electron chi connectivity index (χ0n) is 9.36. The van der Waals surface area contributed by atoms with E-state index in [1.54, 1.807) is 0 Å². The summed E-state index contributed by atoms with van der Waals surface area (Å²) in [6.45, 7) is 0. The number of fused-ring (bicyclic) bond motifs is 1. The summed E-state index contributed by atoms with van der Waals surface area (Å²) in [5.41, 5.74) is 6.26. The molecule has 0 amide bonds. The van der Waals surface area contributed by atoms with Crippen molar-refractivity contribution in [3.63, 3.8) is 0 Å². The first-order valence-corrected chi connectivity index (χ1v) is 6.16. The second kappa shape index (κ2) is 3.77. The van der Waals surface area contributed by atoms with Gasteiger partial charge in [-0.05, 0) is 37.2 Å². The molecule has 0 aromatic heterocycles. The molecule has 1 aliphatic carbocycles. The Hall–Kier alpha value is -1.49. The summed E-state index contributed by atoms with van der Waals surface area (Å²) >= 11 is 4.80. The van der Waals surface area contributed by atoms with Crippen LogP contribution >= 0.6 is 12.2 Å². The molecular weight excluding hydrogens is 236 g/mol. The summed E-state index contributed by atoms with van der Waals surface area (Å²) in [5.74, 6) is 1.16. The molecule has 17 heavy (non-hydrogen) atoms. The molecule has 1 spiro atoms. The van der Waals surface area contributed by atoms with Crippen molar-refractivity contribution in [2.75, 3.05) is 5.32 Å². The second-order valence-electron chi connectivity index (χ2n) is 4.47. The molecule has 0 radical (unpaired) electrons. The fraction of sp³-hybridized carbons (Fsp3) is 0.417. The van der Waals surface area contributed by atoms with Crippen LogP contribution in [0.4, 0.5) is 5.69 Å². The third-order valence-corrected chi connectivity index (χ3v) is 3.27. The molecule has 0 unspecified atom stereocenters. The molecule has 1 heterocycles. The van der Waals surface area contributed by atoms with Gasteiger partial charge in [0.25, 0.3) is 5.79 Å². The lowest BCUT2D eigenvalue weighted by Gasteiger charge is -2.21. The van der Waals surface area contributed by atoms with Gasteiger partial charge < -0.3 is 20.5 Å². The van der Waals surface area contributed by atoms with Crippen LogP contribution in [-0.4, -0.2) is 10.9 Å². The number of nitrogens with two attached hydrogens (primary N) is 1. The van der Waals surface area contributed by atoms with Crippen molar-refractivity contribution in [2.45, 2.75) is 31.5 Å². The van der Waals surface area contributed by atoms with E-state index in [-0.39, 0.29) is 5.11 Å². The van der Waals surface area contributed by atoms with Crippen LogP contribution < -0.4 is 20.5 Å². The van der Waals surface area contributed by atoms with Crippen molar-refractivity contribution in [3.8, 4) is 11.5 Å². The number of anilines is 1. The van der Waals surface area contributed by atoms with Crippen molar-refractivity contribution in [2.24, 2.45) is 5.73 Å². The predicted octanol–water partition coefficient (Wildman–Crippen LogP) is 2.38. The maximum atomic E-state index is 5.93. The van der Waals surface area contributed by atoms with E-state index in [9.17, 15) is 0 Å². The maximum absolute atomic E-state index is 5.93. The highest BCUT2D eigenvalue weighted by molar-refractivity contribution is 7.80. The summed E-state index contributed by atoms with van der Waals surface area (Å²) in [6, 6.07) is 5.65. The van der Waals surface area contributed by atoms with Gasteiger partial charge in [0.05, 0.1) is 0 Å². The van der Waals surface area contributed by atoms with Crippen molar-refractivity contribution in [1.82, 2.24) is 0 Å². The summed E-state index contributed by atoms with van der Waals surface area (Å²) < 4.78 is 11.8. The van der Waals surface area contributed by atoms with Gasteiger partial charge in [0, 0.05) is 24.6 Å². The van der Waals surface area contributed by atoms with Gasteiger partial charge >= 0.3 is 0 Å². The molecule has 2 aliphatic rings. The smallest absolute Gasteiger partial charge is 0.251 e. The minimum Gasteiger partial charge on any atom is -0.448 e. The van der Waals surface area contributed by atoms with Gasteiger partial charge in [-0.3, -0.25) is 0 Å². The van der Waals surface area contributed by atoms with Gasteiger partial charge in [0.2, 0.25) is 0 Å². The number of thiocarbonyl (C=S) groups is 1. The summed E-state index contributed by atoms with van der Waals surface area (Å²) in [6.07, 6.45) is 4.23. The van der Waals surface area contributed by atoms with Crippen LogP contribution in [-0.2, 0) is 0 Å². The van der Waals surface area contributed by atoms with Gasteiger partial charge in [-0.25, -0.2) is 0 Å². The molecular formula is C12H14N2O2S. The molecule has 3 rings (SSSR count). The van der Waals surface area contributed by atoms with Gasteiger partial charge in [-0.1, -0.05) is 0 Å². The van der Waals surface area contributed by atoms with Gasteiger partial charge in [-0.2, -0.15) is 0 Å². The largest absolute Gasteiger partial charge is 0.448 e. The number of hydrogen-bond acceptors (Lipinski definition) is 3. The topological polar surface area (TPSA) is 56.5 Å². The lowest BCUT2D eigenvalue weighted by atomic mass is 10.2. The van der Waals surface area contributed by atoms with Crippen LogP contribution in [0.2, 0.25) is 0 Å². The monoisotopic (exact) mass is 250 g/mol. The van der Waals surface area contributed by atoms with E-state index in [4.69, 9.17) is 27.4 Å². The van der Waals surface area contributed by atoms with E-state index in [1.807, 2.05) is 18.2 Å². The quantitative estimate of drug-likeness (QED) is 0.749. The zero-order chi connectivity index (χ0) is 11.9. The van der Waals surface area contributed by atoms with E-state index in [0.717, 1.165) is 42.9 Å². The van der Waals surface area contributed by atoms with E-state index in [2.05, 4.69) is 5.32 Å². The van der Waals surface area contributed by atoms with Crippen molar-refractivity contribution < 1.29 is 9.47 Å². The molecule has 90 valence electrons. The van der Waals surface area contributed by atoms with Gasteiger partial charge in [0.15, 0.2) is 16.6 Å². The Morgan fingerprint density at radius 2 is 1.94 bits per heavy atom. The third kappa shape index (κ3) is 1.91. The highest BCUT2D eigenvalue weighted by atomic mass is 32.1. The van der Waals surface area contributed by atoms with Crippen LogP contribution in [0.3, 0.4) is 0 Å². The minimum absolute atomic E-state index is 0.249. The van der Waals surface area contributed by atoms with Crippen LogP contribution in [0.5, 0.6) is 11.5 Å². The molecule has 4 nitrogen and oxygen atoms in total. The van der Waals surface area contributed by atoms with Crippen molar-refractivity contribution in [3.05, 3.63) is 18.2 Å². The first-order chi connectivity index (χ1) is 8.17. The lowest BCUT2D eigenvalue weighted by molar-refractivity contribution is -0.0716. The second-order valence-corrected chi connectivity index (χ2v) is 4.91. The summed E-state index contributed by atoms with van der Waals surface area (Å²) in [5, 5.41) is 3.14. The van der Waals surface area contributed by atoms with Crippen LogP contribution in [0.25, 0.3) is 0 Å². The molecule has 1 aromatic carbocycles. The van der Waals surface area contributed by atoms with Gasteiger partial charge in [-0.15, -0.1) is 0 Å². The van der Waals surface area contributed by atoms with Crippen molar-refractivity contribution in [1.29, 1.82) is 0 Å². The average Bonchev–Trinajstić information content (AvgIpc) is 2.84. The predicted molar refractivity (Wildman–Crippen MR) is 69.3 cm³/mol. The number of nitrogens with one attached hydrogen (secondary N) is 1. The number of rotatable bonds is 1. The Balaban J connectivity index is 1.85. The fourth-order valence-corrected chi connectivity index (χ4v) is 2.55. The summed E-state index contributed by atoms with van der Waals surface area (Å²) in [4.78, 5) is 0. The highest BCUT2D eigenvalue weighted by Gasteiger charge is 2.43. The third-order valence-electron chi connectivity index (χ3n) is 3.17. The maximum Gasteiger partial charge on any atom is 0.251 e. The number of ether oxygens (including phenoxy) is 2. The van der Waals surface area contributed by atoms with Crippen molar-refractivity contribution >= 4 is 23.0 Å². The number of hydrogen-bond donors (Lipinski definition) is 2. The fourth-order valence-electron chi connectivity index (χ4n) is 2.43. The lowest BCUT2D eigenvalue weighted by Crippen LogP contribution is -2.34. The van der Waals surface area contributed by atoms with E-state index in [1.165, 1.54) is 0 Å². The van der Waals surface area contributed by atoms with E-state index >= 15 is 0 Å². The van der Waals surface area contributed by atoms with E-state index in [0.29, 0.717) is 0 Å². The molecule has 0 bridgehead atoms.